The van der Waals surface area contributed by atoms with Gasteiger partial charge in [-0.05, 0) is 48.5 Å². The van der Waals surface area contributed by atoms with Gasteiger partial charge in [0.25, 0.3) is 0 Å². The molecule has 0 aliphatic carbocycles. The van der Waals surface area contributed by atoms with E-state index in [4.69, 9.17) is 0 Å². The largest absolute Gasteiger partial charge is 0.369 e. The van der Waals surface area contributed by atoms with Gasteiger partial charge < -0.3 is 10.2 Å². The first kappa shape index (κ1) is 18.3. The maximum atomic E-state index is 13.0. The summed E-state index contributed by atoms with van der Waals surface area (Å²) in [6.45, 7) is 3.27. The molecule has 0 unspecified atom stereocenters. The summed E-state index contributed by atoms with van der Waals surface area (Å²) in [4.78, 5) is 13.3. The monoisotopic (exact) mass is 377 g/mol. The van der Waals surface area contributed by atoms with E-state index in [0.717, 1.165) is 23.5 Å². The number of anilines is 2. The average molecular weight is 377 g/mol. The molecule has 0 spiro atoms. The molecule has 1 fully saturated rings. The number of piperazine rings is 1. The minimum Gasteiger partial charge on any atom is -0.369 e. The smallest absolute Gasteiger partial charge is 0.243 e. The molecule has 8 heteroatoms. The van der Waals surface area contributed by atoms with E-state index in [2.05, 4.69) is 10.2 Å². The standard InChI is InChI=1S/C18H20FN3O3S/c1-14(23)20-16-4-6-17(7-5-16)21-10-12-22(13-11-21)26(24,25)18-8-2-15(19)3-9-18/h2-9H,10-13H2,1H3,(H,20,23). The Morgan fingerprint density at radius 3 is 2.08 bits per heavy atom. The van der Waals surface area contributed by atoms with Crippen LogP contribution in [0.15, 0.2) is 53.4 Å². The topological polar surface area (TPSA) is 69.7 Å². The van der Waals surface area contributed by atoms with E-state index in [0.29, 0.717) is 26.2 Å². The Morgan fingerprint density at radius 1 is 0.962 bits per heavy atom. The summed E-state index contributed by atoms with van der Waals surface area (Å²) in [6.07, 6.45) is 0. The maximum Gasteiger partial charge on any atom is 0.243 e. The fraction of sp³-hybridized carbons (Fsp3) is 0.278. The van der Waals surface area contributed by atoms with Crippen molar-refractivity contribution in [1.29, 1.82) is 0 Å². The molecule has 2 aromatic carbocycles. The van der Waals surface area contributed by atoms with Gasteiger partial charge in [0.05, 0.1) is 4.90 Å². The molecule has 1 amide bonds. The summed E-state index contributed by atoms with van der Waals surface area (Å²) in [6, 6.07) is 12.3. The Labute approximate surface area is 152 Å². The SMILES string of the molecule is CC(=O)Nc1ccc(N2CCN(S(=O)(=O)c3ccc(F)cc3)CC2)cc1. The summed E-state index contributed by atoms with van der Waals surface area (Å²) in [5, 5.41) is 2.71. The molecule has 26 heavy (non-hydrogen) atoms. The van der Waals surface area contributed by atoms with Crippen LogP contribution in [0.25, 0.3) is 0 Å². The lowest BCUT2D eigenvalue weighted by Gasteiger charge is -2.35. The molecule has 138 valence electrons. The molecule has 1 N–H and O–H groups in total. The Hall–Kier alpha value is -2.45. The minimum atomic E-state index is -3.61. The first-order valence-corrected chi connectivity index (χ1v) is 9.68. The van der Waals surface area contributed by atoms with Crippen molar-refractivity contribution in [3.05, 3.63) is 54.3 Å². The summed E-state index contributed by atoms with van der Waals surface area (Å²) in [7, 11) is -3.61. The van der Waals surface area contributed by atoms with Gasteiger partial charge in [-0.2, -0.15) is 4.31 Å². The van der Waals surface area contributed by atoms with Gasteiger partial charge in [0.2, 0.25) is 15.9 Å². The molecular formula is C18H20FN3O3S. The normalized spacial score (nSPS) is 15.7. The average Bonchev–Trinajstić information content (AvgIpc) is 2.62. The fourth-order valence-electron chi connectivity index (χ4n) is 2.90. The van der Waals surface area contributed by atoms with Crippen LogP contribution < -0.4 is 10.2 Å². The van der Waals surface area contributed by atoms with E-state index in [-0.39, 0.29) is 10.8 Å². The quantitative estimate of drug-likeness (QED) is 0.888. The third-order valence-corrected chi connectivity index (χ3v) is 6.16. The lowest BCUT2D eigenvalue weighted by molar-refractivity contribution is -0.114. The van der Waals surface area contributed by atoms with E-state index in [1.54, 1.807) is 0 Å². The molecule has 2 aromatic rings. The summed E-state index contributed by atoms with van der Waals surface area (Å²) < 4.78 is 39.7. The van der Waals surface area contributed by atoms with Gasteiger partial charge in [-0.25, -0.2) is 12.8 Å². The molecule has 0 bridgehead atoms. The molecule has 6 nitrogen and oxygen atoms in total. The van der Waals surface area contributed by atoms with Crippen molar-refractivity contribution in [3.8, 4) is 0 Å². The summed E-state index contributed by atoms with van der Waals surface area (Å²) >= 11 is 0. The van der Waals surface area contributed by atoms with Crippen LogP contribution in [0.2, 0.25) is 0 Å². The molecule has 1 heterocycles. The van der Waals surface area contributed by atoms with Crippen molar-refractivity contribution >= 4 is 27.3 Å². The van der Waals surface area contributed by atoms with Crippen LogP contribution in [-0.4, -0.2) is 44.8 Å². The number of benzene rings is 2. The van der Waals surface area contributed by atoms with Gasteiger partial charge in [-0.3, -0.25) is 4.79 Å². The highest BCUT2D eigenvalue weighted by molar-refractivity contribution is 7.89. The van der Waals surface area contributed by atoms with E-state index in [1.165, 1.54) is 23.4 Å². The Bertz CT molecular complexity index is 875. The molecular weight excluding hydrogens is 357 g/mol. The number of hydrogen-bond donors (Lipinski definition) is 1. The van der Waals surface area contributed by atoms with Crippen LogP contribution in [0.5, 0.6) is 0 Å². The number of amides is 1. The van der Waals surface area contributed by atoms with Gasteiger partial charge in [0.15, 0.2) is 0 Å². The number of nitrogens with one attached hydrogen (secondary N) is 1. The van der Waals surface area contributed by atoms with Crippen LogP contribution in [-0.2, 0) is 14.8 Å². The van der Waals surface area contributed by atoms with Crippen molar-refractivity contribution in [1.82, 2.24) is 4.31 Å². The van der Waals surface area contributed by atoms with Crippen molar-refractivity contribution < 1.29 is 17.6 Å². The van der Waals surface area contributed by atoms with Crippen LogP contribution in [0.4, 0.5) is 15.8 Å². The zero-order chi connectivity index (χ0) is 18.7. The Balaban J connectivity index is 1.65. The van der Waals surface area contributed by atoms with E-state index < -0.39 is 15.8 Å². The molecule has 1 saturated heterocycles. The van der Waals surface area contributed by atoms with Gasteiger partial charge >= 0.3 is 0 Å². The first-order valence-electron chi connectivity index (χ1n) is 8.24. The molecule has 0 radical (unpaired) electrons. The first-order chi connectivity index (χ1) is 12.4. The molecule has 3 rings (SSSR count). The van der Waals surface area contributed by atoms with Gasteiger partial charge in [-0.1, -0.05) is 0 Å². The van der Waals surface area contributed by atoms with Gasteiger partial charge in [0.1, 0.15) is 5.82 Å². The van der Waals surface area contributed by atoms with E-state index in [9.17, 15) is 17.6 Å². The number of nitrogens with zero attached hydrogens (tertiary/aromatic N) is 2. The number of carbonyl (C=O) groups excluding carboxylic acids is 1. The fourth-order valence-corrected chi connectivity index (χ4v) is 4.32. The van der Waals surface area contributed by atoms with Crippen molar-refractivity contribution in [2.45, 2.75) is 11.8 Å². The number of sulfonamides is 1. The lowest BCUT2D eigenvalue weighted by Crippen LogP contribution is -2.48. The number of hydrogen-bond acceptors (Lipinski definition) is 4. The predicted octanol–water partition coefficient (Wildman–Crippen LogP) is 2.30. The van der Waals surface area contributed by atoms with Crippen LogP contribution >= 0.6 is 0 Å². The third-order valence-electron chi connectivity index (χ3n) is 4.24. The van der Waals surface area contributed by atoms with Gasteiger partial charge in [-0.15, -0.1) is 0 Å². The number of rotatable bonds is 4. The Morgan fingerprint density at radius 2 is 1.54 bits per heavy atom. The second kappa shape index (κ2) is 7.43. The molecule has 1 aliphatic rings. The van der Waals surface area contributed by atoms with E-state index >= 15 is 0 Å². The second-order valence-corrected chi connectivity index (χ2v) is 8.01. The van der Waals surface area contributed by atoms with Gasteiger partial charge in [0, 0.05) is 44.5 Å². The molecule has 0 saturated carbocycles. The minimum absolute atomic E-state index is 0.104. The molecule has 0 aromatic heterocycles. The summed E-state index contributed by atoms with van der Waals surface area (Å²) in [5.41, 5.74) is 1.69. The van der Waals surface area contributed by atoms with Crippen molar-refractivity contribution in [2.24, 2.45) is 0 Å². The van der Waals surface area contributed by atoms with Crippen LogP contribution in [0, 0.1) is 5.82 Å². The Kier molecular flexibility index (Phi) is 5.24. The van der Waals surface area contributed by atoms with Crippen molar-refractivity contribution in [2.75, 3.05) is 36.4 Å². The zero-order valence-electron chi connectivity index (χ0n) is 14.4. The van der Waals surface area contributed by atoms with Crippen LogP contribution in [0.1, 0.15) is 6.92 Å². The zero-order valence-corrected chi connectivity index (χ0v) is 15.2. The van der Waals surface area contributed by atoms with Crippen LogP contribution in [0.3, 0.4) is 0 Å². The molecule has 1 aliphatic heterocycles. The second-order valence-electron chi connectivity index (χ2n) is 6.07. The highest BCUT2D eigenvalue weighted by atomic mass is 32.2. The molecule has 0 atom stereocenters. The van der Waals surface area contributed by atoms with E-state index in [1.807, 2.05) is 24.3 Å². The summed E-state index contributed by atoms with van der Waals surface area (Å²) in [5.74, 6) is -0.589. The third kappa shape index (κ3) is 4.03. The number of carbonyl (C=O) groups is 1. The number of halogens is 1. The highest BCUT2D eigenvalue weighted by Crippen LogP contribution is 2.22. The van der Waals surface area contributed by atoms with Crippen molar-refractivity contribution in [3.63, 3.8) is 0 Å². The highest BCUT2D eigenvalue weighted by Gasteiger charge is 2.28. The maximum absolute atomic E-state index is 13.0. The predicted molar refractivity (Wildman–Crippen MR) is 98.1 cm³/mol. The lowest BCUT2D eigenvalue weighted by atomic mass is 10.2.